The van der Waals surface area contributed by atoms with Crippen LogP contribution in [0.5, 0.6) is 0 Å². The standard InChI is InChI=1S/C29H32N6O/c1-18-9-10-21(35-16-22-11-23(17-35)34(22)4)12-25(18)29(36)31-19(2)26-13-28(20-14-30-33(3)15-20)32-27-8-6-5-7-24(26)27/h5-10,12-15,19,22-23H,11,16-17H2,1-4H3,(H,31,36)/t19-,22?,23?/m1/s1. The molecule has 7 nitrogen and oxygen atoms in total. The van der Waals surface area contributed by atoms with E-state index in [-0.39, 0.29) is 11.9 Å². The number of hydrogen-bond donors (Lipinski definition) is 1. The number of aryl methyl sites for hydroxylation is 2. The van der Waals surface area contributed by atoms with E-state index in [1.165, 1.54) is 6.42 Å². The predicted octanol–water partition coefficient (Wildman–Crippen LogP) is 4.33. The molecule has 184 valence electrons. The van der Waals surface area contributed by atoms with Gasteiger partial charge in [0.2, 0.25) is 0 Å². The van der Waals surface area contributed by atoms with Gasteiger partial charge in [-0.2, -0.15) is 5.10 Å². The van der Waals surface area contributed by atoms with Gasteiger partial charge >= 0.3 is 0 Å². The summed E-state index contributed by atoms with van der Waals surface area (Å²) >= 11 is 0. The van der Waals surface area contributed by atoms with Crippen molar-refractivity contribution in [1.82, 2.24) is 25.0 Å². The Morgan fingerprint density at radius 2 is 1.86 bits per heavy atom. The van der Waals surface area contributed by atoms with Crippen LogP contribution in [0.15, 0.2) is 60.9 Å². The highest BCUT2D eigenvalue weighted by molar-refractivity contribution is 5.97. The lowest BCUT2D eigenvalue weighted by Crippen LogP contribution is -2.67. The van der Waals surface area contributed by atoms with E-state index in [0.717, 1.165) is 57.6 Å². The number of carbonyl (C=O) groups excluding carboxylic acids is 1. The van der Waals surface area contributed by atoms with Gasteiger partial charge in [0.05, 0.1) is 23.4 Å². The van der Waals surface area contributed by atoms with E-state index in [2.05, 4.69) is 57.6 Å². The fourth-order valence-corrected chi connectivity index (χ4v) is 5.67. The fraction of sp³-hybridized carbons (Fsp3) is 0.345. The number of anilines is 1. The third-order valence-electron chi connectivity index (χ3n) is 7.95. The maximum absolute atomic E-state index is 13.5. The lowest BCUT2D eigenvalue weighted by atomic mass is 9.88. The van der Waals surface area contributed by atoms with E-state index in [1.54, 1.807) is 4.68 Å². The molecule has 36 heavy (non-hydrogen) atoms. The number of piperidine rings is 1. The molecule has 2 aromatic carbocycles. The molecule has 0 spiro atoms. The minimum Gasteiger partial charge on any atom is -0.368 e. The summed E-state index contributed by atoms with van der Waals surface area (Å²) in [6.07, 6.45) is 5.06. The lowest BCUT2D eigenvalue weighted by molar-refractivity contribution is 0.0264. The van der Waals surface area contributed by atoms with Crippen LogP contribution in [0.2, 0.25) is 0 Å². The number of pyridine rings is 1. The monoisotopic (exact) mass is 480 g/mol. The molecule has 3 aliphatic heterocycles. The summed E-state index contributed by atoms with van der Waals surface area (Å²) < 4.78 is 1.77. The number of aromatic nitrogens is 3. The minimum absolute atomic E-state index is 0.0510. The summed E-state index contributed by atoms with van der Waals surface area (Å²) in [7, 11) is 4.12. The van der Waals surface area contributed by atoms with E-state index in [9.17, 15) is 4.79 Å². The van der Waals surface area contributed by atoms with Gasteiger partial charge < -0.3 is 10.2 Å². The van der Waals surface area contributed by atoms with Crippen molar-refractivity contribution in [3.05, 3.63) is 77.6 Å². The second kappa shape index (κ2) is 8.75. The molecule has 0 aliphatic carbocycles. The SMILES string of the molecule is Cc1ccc(N2CC3CC(C2)N3C)cc1C(=O)N[C@H](C)c1cc(-c2cnn(C)c2)nc2ccccc12. The molecule has 0 saturated carbocycles. The number of hydrogen-bond acceptors (Lipinski definition) is 5. The Kier molecular flexibility index (Phi) is 5.52. The second-order valence-electron chi connectivity index (χ2n) is 10.3. The molecule has 3 saturated heterocycles. The Morgan fingerprint density at radius 1 is 1.08 bits per heavy atom. The normalized spacial score (nSPS) is 20.3. The number of amides is 1. The molecule has 1 amide bonds. The van der Waals surface area contributed by atoms with Crippen molar-refractivity contribution in [1.29, 1.82) is 0 Å². The Balaban J connectivity index is 1.28. The molecule has 0 radical (unpaired) electrons. The average molecular weight is 481 g/mol. The van der Waals surface area contributed by atoms with Crippen LogP contribution >= 0.6 is 0 Å². The molecular formula is C29H32N6O. The quantitative estimate of drug-likeness (QED) is 0.461. The zero-order valence-corrected chi connectivity index (χ0v) is 21.3. The van der Waals surface area contributed by atoms with E-state index in [1.807, 2.05) is 51.5 Å². The zero-order valence-electron chi connectivity index (χ0n) is 21.3. The molecular weight excluding hydrogens is 448 g/mol. The summed E-state index contributed by atoms with van der Waals surface area (Å²) in [5.74, 6) is -0.0510. The van der Waals surface area contributed by atoms with Gasteiger partial charge in [-0.15, -0.1) is 0 Å². The number of piperazine rings is 1. The number of carbonyl (C=O) groups is 1. The van der Waals surface area contributed by atoms with Crippen LogP contribution in [0.25, 0.3) is 22.2 Å². The Morgan fingerprint density at radius 3 is 2.58 bits per heavy atom. The van der Waals surface area contributed by atoms with Crippen LogP contribution in [0.3, 0.4) is 0 Å². The van der Waals surface area contributed by atoms with Gasteiger partial charge in [-0.05, 0) is 62.7 Å². The number of nitrogens with one attached hydrogen (secondary N) is 1. The average Bonchev–Trinajstić information content (AvgIpc) is 3.34. The molecule has 3 atom stereocenters. The largest absolute Gasteiger partial charge is 0.368 e. The first kappa shape index (κ1) is 22.7. The molecule has 1 N–H and O–H groups in total. The summed E-state index contributed by atoms with van der Waals surface area (Å²) in [6.45, 7) is 6.09. The molecule has 5 heterocycles. The number of nitrogens with zero attached hydrogens (tertiary/aromatic N) is 5. The van der Waals surface area contributed by atoms with E-state index in [0.29, 0.717) is 12.1 Å². The van der Waals surface area contributed by atoms with Crippen molar-refractivity contribution in [2.75, 3.05) is 25.0 Å². The topological polar surface area (TPSA) is 66.3 Å². The molecule has 3 fully saturated rings. The molecule has 7 heteroatoms. The molecule has 2 unspecified atom stereocenters. The number of para-hydroxylation sites is 1. The number of fused-ring (bicyclic) bond motifs is 3. The fourth-order valence-electron chi connectivity index (χ4n) is 5.67. The van der Waals surface area contributed by atoms with Gasteiger partial charge in [0.25, 0.3) is 5.91 Å². The number of benzene rings is 2. The van der Waals surface area contributed by atoms with Crippen molar-refractivity contribution in [3.63, 3.8) is 0 Å². The van der Waals surface area contributed by atoms with Crippen molar-refractivity contribution in [3.8, 4) is 11.3 Å². The Labute approximate surface area is 211 Å². The molecule has 3 aliphatic rings. The first-order valence-electron chi connectivity index (χ1n) is 12.6. The first-order valence-corrected chi connectivity index (χ1v) is 12.6. The van der Waals surface area contributed by atoms with Crippen LogP contribution in [-0.2, 0) is 7.05 Å². The van der Waals surface area contributed by atoms with E-state index >= 15 is 0 Å². The summed E-state index contributed by atoms with van der Waals surface area (Å²) in [6, 6.07) is 17.5. The maximum atomic E-state index is 13.5. The van der Waals surface area contributed by atoms with E-state index < -0.39 is 0 Å². The van der Waals surface area contributed by atoms with Crippen LogP contribution < -0.4 is 10.2 Å². The second-order valence-corrected chi connectivity index (χ2v) is 10.3. The number of rotatable bonds is 5. The van der Waals surface area contributed by atoms with Crippen LogP contribution in [0.1, 0.15) is 40.9 Å². The highest BCUT2D eigenvalue weighted by Gasteiger charge is 2.42. The van der Waals surface area contributed by atoms with Gasteiger partial charge in [-0.3, -0.25) is 14.4 Å². The number of likely N-dealkylation sites (N-methyl/N-ethyl adjacent to an activating group) is 1. The maximum Gasteiger partial charge on any atom is 0.252 e. The van der Waals surface area contributed by atoms with Gasteiger partial charge in [-0.1, -0.05) is 24.3 Å². The molecule has 7 rings (SSSR count). The summed E-state index contributed by atoms with van der Waals surface area (Å²) in [4.78, 5) is 23.3. The Bertz CT molecular complexity index is 1450. The van der Waals surface area contributed by atoms with Crippen LogP contribution in [0.4, 0.5) is 5.69 Å². The van der Waals surface area contributed by atoms with Gasteiger partial charge in [0.1, 0.15) is 0 Å². The predicted molar refractivity (Wildman–Crippen MR) is 143 cm³/mol. The minimum atomic E-state index is -0.194. The molecule has 4 aromatic rings. The zero-order chi connectivity index (χ0) is 25.0. The van der Waals surface area contributed by atoms with Gasteiger partial charge in [0.15, 0.2) is 0 Å². The smallest absolute Gasteiger partial charge is 0.252 e. The summed E-state index contributed by atoms with van der Waals surface area (Å²) in [5.41, 5.74) is 6.61. The Hall–Kier alpha value is -3.71. The summed E-state index contributed by atoms with van der Waals surface area (Å²) in [5, 5.41) is 8.62. The lowest BCUT2D eigenvalue weighted by Gasteiger charge is -2.55. The molecule has 2 aromatic heterocycles. The third kappa shape index (κ3) is 3.93. The van der Waals surface area contributed by atoms with Gasteiger partial charge in [-0.25, -0.2) is 4.98 Å². The highest BCUT2D eigenvalue weighted by Crippen LogP contribution is 2.34. The van der Waals surface area contributed by atoms with Crippen molar-refractivity contribution in [2.24, 2.45) is 7.05 Å². The van der Waals surface area contributed by atoms with Crippen molar-refractivity contribution >= 4 is 22.5 Å². The van der Waals surface area contributed by atoms with E-state index in [4.69, 9.17) is 4.98 Å². The van der Waals surface area contributed by atoms with Crippen LogP contribution in [-0.4, -0.2) is 57.8 Å². The van der Waals surface area contributed by atoms with Gasteiger partial charge in [0, 0.05) is 60.6 Å². The van der Waals surface area contributed by atoms with Crippen molar-refractivity contribution < 1.29 is 4.79 Å². The first-order chi connectivity index (χ1) is 17.4. The van der Waals surface area contributed by atoms with Crippen LogP contribution in [0, 0.1) is 6.92 Å². The highest BCUT2D eigenvalue weighted by atomic mass is 16.1. The third-order valence-corrected chi connectivity index (χ3v) is 7.95. The molecule has 2 bridgehead atoms. The van der Waals surface area contributed by atoms with Crippen molar-refractivity contribution in [2.45, 2.75) is 38.4 Å².